The van der Waals surface area contributed by atoms with Gasteiger partial charge in [-0.25, -0.2) is 0 Å². The van der Waals surface area contributed by atoms with Crippen LogP contribution in [0.2, 0.25) is 0 Å². The molecule has 4 heteroatoms. The predicted molar refractivity (Wildman–Crippen MR) is 51.1 cm³/mol. The lowest BCUT2D eigenvalue weighted by atomic mass is 10.1. The zero-order valence-corrected chi connectivity index (χ0v) is 7.53. The van der Waals surface area contributed by atoms with Crippen molar-refractivity contribution >= 4 is 5.69 Å². The summed E-state index contributed by atoms with van der Waals surface area (Å²) in [5.74, 6) is 0.583. The summed E-state index contributed by atoms with van der Waals surface area (Å²) in [6, 6.07) is 7.30. The third kappa shape index (κ3) is 1.38. The van der Waals surface area contributed by atoms with Gasteiger partial charge in [-0.3, -0.25) is 0 Å². The maximum Gasteiger partial charge on any atom is 0.160 e. The maximum absolute atomic E-state index is 8.94. The van der Waals surface area contributed by atoms with E-state index in [4.69, 9.17) is 15.1 Å². The molecule has 1 aromatic rings. The summed E-state index contributed by atoms with van der Waals surface area (Å²) in [4.78, 5) is 0. The van der Waals surface area contributed by atoms with Crippen LogP contribution < -0.4 is 10.1 Å². The molecule has 14 heavy (non-hydrogen) atoms. The molecule has 1 aliphatic heterocycles. The number of nitriles is 1. The van der Waals surface area contributed by atoms with Crippen molar-refractivity contribution in [1.29, 1.82) is 5.26 Å². The molecule has 0 radical (unpaired) electrons. The summed E-state index contributed by atoms with van der Waals surface area (Å²) in [6.07, 6.45) is 0. The van der Waals surface area contributed by atoms with E-state index in [9.17, 15) is 0 Å². The fourth-order valence-electron chi connectivity index (χ4n) is 1.44. The number of ether oxygens (including phenoxy) is 1. The SMILES string of the molecule is N#Cc1cccc2c1OCC(CO)N2. The molecule has 1 unspecified atom stereocenters. The summed E-state index contributed by atoms with van der Waals surface area (Å²) in [6.45, 7) is 0.415. The van der Waals surface area contributed by atoms with Crippen molar-refractivity contribution in [3.63, 3.8) is 0 Å². The Bertz CT molecular complexity index is 384. The number of hydrogen-bond acceptors (Lipinski definition) is 4. The van der Waals surface area contributed by atoms with Gasteiger partial charge in [-0.05, 0) is 12.1 Å². The van der Waals surface area contributed by atoms with Crippen LogP contribution in [-0.2, 0) is 0 Å². The van der Waals surface area contributed by atoms with Gasteiger partial charge in [0.25, 0.3) is 0 Å². The molecule has 0 aliphatic carbocycles. The standard InChI is InChI=1S/C10H10N2O2/c11-4-7-2-1-3-9-10(7)14-6-8(5-13)12-9/h1-3,8,12-13H,5-6H2. The Morgan fingerprint density at radius 1 is 1.64 bits per heavy atom. The van der Waals surface area contributed by atoms with E-state index in [-0.39, 0.29) is 12.6 Å². The van der Waals surface area contributed by atoms with Crippen LogP contribution in [0.3, 0.4) is 0 Å². The summed E-state index contributed by atoms with van der Waals surface area (Å²) in [5, 5.41) is 20.8. The predicted octanol–water partition coefficient (Wildman–Crippen LogP) is 0.723. The Hall–Kier alpha value is -1.73. The highest BCUT2D eigenvalue weighted by molar-refractivity contribution is 5.65. The van der Waals surface area contributed by atoms with Gasteiger partial charge in [0.2, 0.25) is 0 Å². The number of hydrogen-bond donors (Lipinski definition) is 2. The lowest BCUT2D eigenvalue weighted by Crippen LogP contribution is -2.34. The molecular weight excluding hydrogens is 180 g/mol. The Labute approximate surface area is 81.7 Å². The van der Waals surface area contributed by atoms with E-state index in [1.165, 1.54) is 0 Å². The van der Waals surface area contributed by atoms with E-state index < -0.39 is 0 Å². The molecule has 0 amide bonds. The summed E-state index contributed by atoms with van der Waals surface area (Å²) in [5.41, 5.74) is 1.29. The minimum absolute atomic E-state index is 0.0240. The zero-order valence-electron chi connectivity index (χ0n) is 7.53. The van der Waals surface area contributed by atoms with Crippen molar-refractivity contribution in [2.24, 2.45) is 0 Å². The van der Waals surface area contributed by atoms with Crippen molar-refractivity contribution in [3.8, 4) is 11.8 Å². The first-order chi connectivity index (χ1) is 6.85. The average Bonchev–Trinajstić information content (AvgIpc) is 2.27. The van der Waals surface area contributed by atoms with Crippen molar-refractivity contribution < 1.29 is 9.84 Å². The maximum atomic E-state index is 8.94. The van der Waals surface area contributed by atoms with Gasteiger partial charge in [0.05, 0.1) is 23.9 Å². The molecular formula is C10H10N2O2. The number of anilines is 1. The molecule has 1 heterocycles. The Balaban J connectivity index is 2.36. The number of rotatable bonds is 1. The van der Waals surface area contributed by atoms with Crippen molar-refractivity contribution in [3.05, 3.63) is 23.8 Å². The van der Waals surface area contributed by atoms with E-state index in [1.807, 2.05) is 6.07 Å². The molecule has 0 saturated heterocycles. The van der Waals surface area contributed by atoms with Crippen LogP contribution in [-0.4, -0.2) is 24.4 Å². The highest BCUT2D eigenvalue weighted by atomic mass is 16.5. The quantitative estimate of drug-likeness (QED) is 0.685. The van der Waals surface area contributed by atoms with Crippen LogP contribution in [0.1, 0.15) is 5.56 Å². The molecule has 0 spiro atoms. The van der Waals surface area contributed by atoms with Gasteiger partial charge in [-0.2, -0.15) is 5.26 Å². The number of para-hydroxylation sites is 1. The summed E-state index contributed by atoms with van der Waals surface area (Å²) in [7, 11) is 0. The lowest BCUT2D eigenvalue weighted by Gasteiger charge is -2.26. The zero-order chi connectivity index (χ0) is 9.97. The highest BCUT2D eigenvalue weighted by Gasteiger charge is 2.20. The van der Waals surface area contributed by atoms with E-state index >= 15 is 0 Å². The fraction of sp³-hybridized carbons (Fsp3) is 0.300. The van der Waals surface area contributed by atoms with Crippen LogP contribution in [0, 0.1) is 11.3 Å². The molecule has 72 valence electrons. The topological polar surface area (TPSA) is 65.3 Å². The molecule has 1 aromatic carbocycles. The van der Waals surface area contributed by atoms with Gasteiger partial charge in [-0.1, -0.05) is 6.07 Å². The molecule has 2 N–H and O–H groups in total. The second-order valence-electron chi connectivity index (χ2n) is 3.13. The van der Waals surface area contributed by atoms with Gasteiger partial charge in [-0.15, -0.1) is 0 Å². The van der Waals surface area contributed by atoms with Gasteiger partial charge < -0.3 is 15.2 Å². The normalized spacial score (nSPS) is 18.7. The van der Waals surface area contributed by atoms with Crippen molar-refractivity contribution in [2.75, 3.05) is 18.5 Å². The lowest BCUT2D eigenvalue weighted by molar-refractivity contribution is 0.207. The number of aliphatic hydroxyl groups excluding tert-OH is 1. The average molecular weight is 190 g/mol. The Morgan fingerprint density at radius 3 is 3.21 bits per heavy atom. The van der Waals surface area contributed by atoms with Gasteiger partial charge in [0.15, 0.2) is 5.75 Å². The van der Waals surface area contributed by atoms with Crippen LogP contribution in [0.15, 0.2) is 18.2 Å². The number of aliphatic hydroxyl groups is 1. The first-order valence-corrected chi connectivity index (χ1v) is 4.38. The number of nitrogens with zero attached hydrogens (tertiary/aromatic N) is 1. The first-order valence-electron chi connectivity index (χ1n) is 4.38. The van der Waals surface area contributed by atoms with Crippen molar-refractivity contribution in [2.45, 2.75) is 6.04 Å². The molecule has 0 saturated carbocycles. The number of nitrogens with one attached hydrogen (secondary N) is 1. The second kappa shape index (κ2) is 3.56. The van der Waals surface area contributed by atoms with Crippen LogP contribution in [0.25, 0.3) is 0 Å². The monoisotopic (exact) mass is 190 g/mol. The highest BCUT2D eigenvalue weighted by Crippen LogP contribution is 2.31. The Morgan fingerprint density at radius 2 is 2.50 bits per heavy atom. The van der Waals surface area contributed by atoms with Crippen LogP contribution in [0.5, 0.6) is 5.75 Å². The smallest absolute Gasteiger partial charge is 0.160 e. The molecule has 2 rings (SSSR count). The van der Waals surface area contributed by atoms with Gasteiger partial charge in [0, 0.05) is 0 Å². The molecule has 0 fully saturated rings. The molecule has 1 atom stereocenters. The van der Waals surface area contributed by atoms with Crippen LogP contribution in [0.4, 0.5) is 5.69 Å². The molecule has 0 aromatic heterocycles. The minimum Gasteiger partial charge on any atom is -0.488 e. The Kier molecular flexibility index (Phi) is 2.25. The van der Waals surface area contributed by atoms with E-state index in [0.29, 0.717) is 17.9 Å². The largest absolute Gasteiger partial charge is 0.488 e. The van der Waals surface area contributed by atoms with E-state index in [2.05, 4.69) is 11.4 Å². The number of fused-ring (bicyclic) bond motifs is 1. The first kappa shape index (κ1) is 8.85. The van der Waals surface area contributed by atoms with Crippen LogP contribution >= 0.6 is 0 Å². The summed E-state index contributed by atoms with van der Waals surface area (Å²) < 4.78 is 5.40. The van der Waals surface area contributed by atoms with Crippen molar-refractivity contribution in [1.82, 2.24) is 0 Å². The van der Waals surface area contributed by atoms with Gasteiger partial charge >= 0.3 is 0 Å². The van der Waals surface area contributed by atoms with E-state index in [0.717, 1.165) is 5.69 Å². The summed E-state index contributed by atoms with van der Waals surface area (Å²) >= 11 is 0. The fourth-order valence-corrected chi connectivity index (χ4v) is 1.44. The van der Waals surface area contributed by atoms with Gasteiger partial charge in [0.1, 0.15) is 12.7 Å². The molecule has 4 nitrogen and oxygen atoms in total. The number of benzene rings is 1. The molecule has 0 bridgehead atoms. The molecule has 1 aliphatic rings. The minimum atomic E-state index is -0.0866. The third-order valence-electron chi connectivity index (χ3n) is 2.14. The van der Waals surface area contributed by atoms with E-state index in [1.54, 1.807) is 12.1 Å². The third-order valence-corrected chi connectivity index (χ3v) is 2.14. The second-order valence-corrected chi connectivity index (χ2v) is 3.13.